The molecule has 0 bridgehead atoms. The van der Waals surface area contributed by atoms with Crippen LogP contribution in [-0.2, 0) is 25.9 Å². The monoisotopic (exact) mass is 537 g/mol. The Morgan fingerprint density at radius 3 is 2.65 bits per heavy atom. The summed E-state index contributed by atoms with van der Waals surface area (Å²) in [4.78, 5) is 6.97. The third-order valence-electron chi connectivity index (χ3n) is 6.23. The lowest BCUT2D eigenvalue weighted by molar-refractivity contribution is 0.198. The maximum atomic E-state index is 4.43. The number of benzene rings is 1. The highest BCUT2D eigenvalue weighted by Gasteiger charge is 2.20. The SMILES string of the molecule is CN=C(NCCc1nnc2n1CCCCC2)NC1CCN(Cc2ccccc2)CC1.I. The first-order valence-corrected chi connectivity index (χ1v) is 11.5. The number of halogens is 1. The molecule has 7 nitrogen and oxygen atoms in total. The van der Waals surface area contributed by atoms with Crippen molar-refractivity contribution in [3.63, 3.8) is 0 Å². The summed E-state index contributed by atoms with van der Waals surface area (Å²) in [5, 5.41) is 15.9. The van der Waals surface area contributed by atoms with Gasteiger partial charge < -0.3 is 15.2 Å². The van der Waals surface area contributed by atoms with Crippen LogP contribution in [-0.4, -0.2) is 58.3 Å². The van der Waals surface area contributed by atoms with Gasteiger partial charge in [-0.1, -0.05) is 36.8 Å². The number of likely N-dealkylation sites (tertiary alicyclic amines) is 1. The van der Waals surface area contributed by atoms with E-state index in [1.54, 1.807) is 0 Å². The van der Waals surface area contributed by atoms with Crippen molar-refractivity contribution in [1.29, 1.82) is 0 Å². The molecule has 1 aromatic heterocycles. The molecular weight excluding hydrogens is 501 g/mol. The number of aliphatic imine (C=N–C) groups is 1. The summed E-state index contributed by atoms with van der Waals surface area (Å²) in [6, 6.07) is 11.2. The Labute approximate surface area is 203 Å². The van der Waals surface area contributed by atoms with E-state index >= 15 is 0 Å². The number of fused-ring (bicyclic) bond motifs is 1. The summed E-state index contributed by atoms with van der Waals surface area (Å²) in [6.07, 6.45) is 7.99. The van der Waals surface area contributed by atoms with Gasteiger partial charge in [-0.3, -0.25) is 9.89 Å². The maximum absolute atomic E-state index is 4.43. The van der Waals surface area contributed by atoms with Gasteiger partial charge in [-0.2, -0.15) is 0 Å². The predicted octanol–water partition coefficient (Wildman–Crippen LogP) is 2.99. The fourth-order valence-corrected chi connectivity index (χ4v) is 4.49. The van der Waals surface area contributed by atoms with Crippen LogP contribution < -0.4 is 10.6 Å². The quantitative estimate of drug-likeness (QED) is 0.337. The lowest BCUT2D eigenvalue weighted by Gasteiger charge is -2.33. The molecule has 2 aliphatic heterocycles. The normalized spacial score (nSPS) is 18.0. The molecule has 0 amide bonds. The standard InChI is InChI=1S/C23H35N7.HI/c1-24-23(25-14-11-22-28-27-21-10-6-3-7-15-30(21)22)26-20-12-16-29(17-13-20)18-19-8-4-2-5-9-19;/h2,4-5,8-9,20H,3,6-7,10-18H2,1H3,(H2,24,25,26);1H. The molecule has 0 spiro atoms. The van der Waals surface area contributed by atoms with Gasteiger partial charge in [-0.15, -0.1) is 34.2 Å². The van der Waals surface area contributed by atoms with E-state index in [-0.39, 0.29) is 24.0 Å². The molecule has 0 atom stereocenters. The third-order valence-corrected chi connectivity index (χ3v) is 6.23. The molecule has 170 valence electrons. The largest absolute Gasteiger partial charge is 0.356 e. The number of hydrogen-bond donors (Lipinski definition) is 2. The van der Waals surface area contributed by atoms with E-state index < -0.39 is 0 Å². The molecule has 0 unspecified atom stereocenters. The van der Waals surface area contributed by atoms with E-state index in [0.717, 1.165) is 76.0 Å². The molecule has 0 saturated carbocycles. The van der Waals surface area contributed by atoms with Gasteiger partial charge in [0.1, 0.15) is 11.6 Å². The van der Waals surface area contributed by atoms with Crippen LogP contribution in [0.3, 0.4) is 0 Å². The average molecular weight is 537 g/mol. The number of piperidine rings is 1. The molecule has 1 saturated heterocycles. The van der Waals surface area contributed by atoms with Crippen molar-refractivity contribution in [2.45, 2.75) is 64.1 Å². The summed E-state index contributed by atoms with van der Waals surface area (Å²) < 4.78 is 2.33. The molecule has 2 aromatic rings. The Bertz CT molecular complexity index is 813. The maximum Gasteiger partial charge on any atom is 0.191 e. The number of aromatic nitrogens is 3. The zero-order valence-corrected chi connectivity index (χ0v) is 20.9. The molecule has 4 rings (SSSR count). The number of guanidine groups is 1. The summed E-state index contributed by atoms with van der Waals surface area (Å²) >= 11 is 0. The van der Waals surface area contributed by atoms with Crippen LogP contribution in [0, 0.1) is 0 Å². The van der Waals surface area contributed by atoms with E-state index in [1.165, 1.54) is 24.8 Å². The van der Waals surface area contributed by atoms with Gasteiger partial charge in [-0.05, 0) is 31.2 Å². The molecule has 1 aromatic carbocycles. The minimum atomic E-state index is 0. The lowest BCUT2D eigenvalue weighted by atomic mass is 10.0. The summed E-state index contributed by atoms with van der Waals surface area (Å²) in [7, 11) is 1.85. The zero-order chi connectivity index (χ0) is 20.6. The van der Waals surface area contributed by atoms with Crippen LogP contribution in [0.2, 0.25) is 0 Å². The highest BCUT2D eigenvalue weighted by molar-refractivity contribution is 14.0. The minimum absolute atomic E-state index is 0. The topological polar surface area (TPSA) is 70.4 Å². The van der Waals surface area contributed by atoms with Crippen molar-refractivity contribution in [2.24, 2.45) is 4.99 Å². The molecule has 31 heavy (non-hydrogen) atoms. The second-order valence-electron chi connectivity index (χ2n) is 8.42. The van der Waals surface area contributed by atoms with Gasteiger partial charge in [0.05, 0.1) is 0 Å². The van der Waals surface area contributed by atoms with E-state index in [9.17, 15) is 0 Å². The molecular formula is C23H36IN7. The Morgan fingerprint density at radius 2 is 1.87 bits per heavy atom. The first-order chi connectivity index (χ1) is 14.8. The average Bonchev–Trinajstić information content (AvgIpc) is 3.01. The smallest absolute Gasteiger partial charge is 0.191 e. The van der Waals surface area contributed by atoms with Gasteiger partial charge in [0.2, 0.25) is 0 Å². The van der Waals surface area contributed by atoms with Gasteiger partial charge in [0, 0.05) is 58.7 Å². The molecule has 0 aliphatic carbocycles. The first-order valence-electron chi connectivity index (χ1n) is 11.5. The van der Waals surface area contributed by atoms with Crippen molar-refractivity contribution in [3.8, 4) is 0 Å². The summed E-state index contributed by atoms with van der Waals surface area (Å²) in [5.41, 5.74) is 1.40. The summed E-state index contributed by atoms with van der Waals surface area (Å²) in [5.74, 6) is 3.16. The van der Waals surface area contributed by atoms with Crippen LogP contribution in [0.5, 0.6) is 0 Å². The molecule has 2 N–H and O–H groups in total. The number of rotatable bonds is 6. The molecule has 1 fully saturated rings. The number of nitrogens with zero attached hydrogens (tertiary/aromatic N) is 5. The number of aryl methyl sites for hydroxylation is 1. The second kappa shape index (κ2) is 12.4. The lowest BCUT2D eigenvalue weighted by Crippen LogP contribution is -2.48. The Hall–Kier alpha value is -1.68. The van der Waals surface area contributed by atoms with Crippen LogP contribution >= 0.6 is 24.0 Å². The van der Waals surface area contributed by atoms with Crippen LogP contribution in [0.1, 0.15) is 49.3 Å². The highest BCUT2D eigenvalue weighted by Crippen LogP contribution is 2.15. The minimum Gasteiger partial charge on any atom is -0.356 e. The van der Waals surface area contributed by atoms with Gasteiger partial charge >= 0.3 is 0 Å². The van der Waals surface area contributed by atoms with Crippen LogP contribution in [0.4, 0.5) is 0 Å². The fraction of sp³-hybridized carbons (Fsp3) is 0.609. The Morgan fingerprint density at radius 1 is 1.06 bits per heavy atom. The van der Waals surface area contributed by atoms with E-state index in [4.69, 9.17) is 0 Å². The first kappa shape index (κ1) is 24.0. The third kappa shape index (κ3) is 6.90. The molecule has 0 radical (unpaired) electrons. The van der Waals surface area contributed by atoms with Crippen LogP contribution in [0.25, 0.3) is 0 Å². The van der Waals surface area contributed by atoms with Crippen molar-refractivity contribution in [3.05, 3.63) is 47.5 Å². The number of hydrogen-bond acceptors (Lipinski definition) is 4. The van der Waals surface area contributed by atoms with Crippen LogP contribution in [0.15, 0.2) is 35.3 Å². The van der Waals surface area contributed by atoms with Gasteiger partial charge in [-0.25, -0.2) is 0 Å². The van der Waals surface area contributed by atoms with Crippen molar-refractivity contribution >= 4 is 29.9 Å². The van der Waals surface area contributed by atoms with Crippen molar-refractivity contribution in [1.82, 2.24) is 30.3 Å². The number of nitrogens with one attached hydrogen (secondary N) is 2. The van der Waals surface area contributed by atoms with Crippen molar-refractivity contribution < 1.29 is 0 Å². The Kier molecular flexibility index (Phi) is 9.57. The molecule has 8 heteroatoms. The van der Waals surface area contributed by atoms with Gasteiger partial charge in [0.15, 0.2) is 5.96 Å². The van der Waals surface area contributed by atoms with E-state index in [2.05, 4.69) is 65.6 Å². The molecule has 2 aliphatic rings. The second-order valence-corrected chi connectivity index (χ2v) is 8.42. The highest BCUT2D eigenvalue weighted by atomic mass is 127. The zero-order valence-electron chi connectivity index (χ0n) is 18.6. The van der Waals surface area contributed by atoms with E-state index in [0.29, 0.717) is 6.04 Å². The predicted molar refractivity (Wildman–Crippen MR) is 136 cm³/mol. The summed E-state index contributed by atoms with van der Waals surface area (Å²) in [6.45, 7) is 5.17. The fourth-order valence-electron chi connectivity index (χ4n) is 4.49. The van der Waals surface area contributed by atoms with Gasteiger partial charge in [0.25, 0.3) is 0 Å². The van der Waals surface area contributed by atoms with E-state index in [1.807, 2.05) is 7.05 Å². The molecule has 3 heterocycles. The Balaban J connectivity index is 0.00000272. The van der Waals surface area contributed by atoms with Crippen molar-refractivity contribution in [2.75, 3.05) is 26.7 Å².